The van der Waals surface area contributed by atoms with Gasteiger partial charge in [-0.1, -0.05) is 42.5 Å². The van der Waals surface area contributed by atoms with E-state index in [0.29, 0.717) is 12.0 Å². The number of nitrogens with one attached hydrogen (secondary N) is 2. The highest BCUT2D eigenvalue weighted by molar-refractivity contribution is 6.22. The highest BCUT2D eigenvalue weighted by Gasteiger charge is 2.40. The van der Waals surface area contributed by atoms with E-state index in [1.165, 1.54) is 0 Å². The fourth-order valence-electron chi connectivity index (χ4n) is 3.89. The number of carbonyl (C=O) groups excluding carboxylic acids is 5. The van der Waals surface area contributed by atoms with E-state index in [4.69, 9.17) is 0 Å². The van der Waals surface area contributed by atoms with Gasteiger partial charge >= 0.3 is 0 Å². The molecule has 31 heavy (non-hydrogen) atoms. The van der Waals surface area contributed by atoms with Crippen LogP contribution in [0.25, 0.3) is 0 Å². The Hall–Kier alpha value is -3.81. The Balaban J connectivity index is 1.45. The van der Waals surface area contributed by atoms with Crippen molar-refractivity contribution in [2.75, 3.05) is 6.54 Å². The summed E-state index contributed by atoms with van der Waals surface area (Å²) in [6.45, 7) is 0.0331. The Labute approximate surface area is 178 Å². The van der Waals surface area contributed by atoms with E-state index in [-0.39, 0.29) is 48.9 Å². The van der Waals surface area contributed by atoms with E-state index in [1.54, 1.807) is 18.2 Å². The predicted molar refractivity (Wildman–Crippen MR) is 110 cm³/mol. The van der Waals surface area contributed by atoms with Crippen LogP contribution >= 0.6 is 0 Å². The molecule has 8 heteroatoms. The van der Waals surface area contributed by atoms with Gasteiger partial charge in [0, 0.05) is 19.5 Å². The molecular weight excluding hydrogens is 398 g/mol. The third kappa shape index (κ3) is 4.23. The van der Waals surface area contributed by atoms with Crippen molar-refractivity contribution < 1.29 is 24.0 Å². The lowest BCUT2D eigenvalue weighted by Crippen LogP contribution is -2.46. The summed E-state index contributed by atoms with van der Waals surface area (Å²) >= 11 is 0. The van der Waals surface area contributed by atoms with Crippen LogP contribution in [-0.4, -0.2) is 41.0 Å². The number of rotatable bonds is 6. The maximum Gasteiger partial charge on any atom is 0.261 e. The molecule has 2 aromatic carbocycles. The second kappa shape index (κ2) is 8.51. The van der Waals surface area contributed by atoms with Crippen molar-refractivity contribution in [3.05, 3.63) is 70.8 Å². The van der Waals surface area contributed by atoms with Crippen LogP contribution in [0.5, 0.6) is 0 Å². The first-order chi connectivity index (χ1) is 14.9. The molecule has 0 radical (unpaired) electrons. The standard InChI is InChI=1S/C23H21N3O5/c27-18-10-9-16(21(29)25-18)13-26-22(30)17-8-4-7-15(20(17)23(26)31)12-24-19(28)11-14-5-2-1-3-6-14/h1-8,16H,9-13H2,(H,24,28)(H,25,27,29). The molecule has 8 nitrogen and oxygen atoms in total. The van der Waals surface area contributed by atoms with Gasteiger partial charge in [-0.15, -0.1) is 0 Å². The SMILES string of the molecule is O=C(Cc1ccccc1)NCc1cccc2c1C(=O)N(CC1CCC(=O)NC1=O)C2=O. The minimum atomic E-state index is -0.617. The van der Waals surface area contributed by atoms with Crippen LogP contribution in [-0.2, 0) is 27.3 Å². The zero-order chi connectivity index (χ0) is 22.0. The lowest BCUT2D eigenvalue weighted by Gasteiger charge is -2.24. The van der Waals surface area contributed by atoms with Crippen LogP contribution in [0.4, 0.5) is 0 Å². The molecule has 0 aliphatic carbocycles. The zero-order valence-electron chi connectivity index (χ0n) is 16.7. The Morgan fingerprint density at radius 1 is 1.00 bits per heavy atom. The van der Waals surface area contributed by atoms with Crippen molar-refractivity contribution in [3.63, 3.8) is 0 Å². The van der Waals surface area contributed by atoms with Crippen molar-refractivity contribution in [2.45, 2.75) is 25.8 Å². The molecule has 1 fully saturated rings. The van der Waals surface area contributed by atoms with Crippen molar-refractivity contribution in [3.8, 4) is 0 Å². The molecule has 0 spiro atoms. The van der Waals surface area contributed by atoms with E-state index in [0.717, 1.165) is 10.5 Å². The van der Waals surface area contributed by atoms with Gasteiger partial charge in [-0.3, -0.25) is 34.2 Å². The number of nitrogens with zero attached hydrogens (tertiary/aromatic N) is 1. The van der Waals surface area contributed by atoms with Crippen LogP contribution in [0.1, 0.15) is 44.7 Å². The Morgan fingerprint density at radius 3 is 2.52 bits per heavy atom. The summed E-state index contributed by atoms with van der Waals surface area (Å²) in [6, 6.07) is 14.2. The van der Waals surface area contributed by atoms with Gasteiger partial charge in [0.1, 0.15) is 0 Å². The van der Waals surface area contributed by atoms with Crippen molar-refractivity contribution in [2.24, 2.45) is 5.92 Å². The summed E-state index contributed by atoms with van der Waals surface area (Å²) in [5, 5.41) is 5.04. The average Bonchev–Trinajstić information content (AvgIpc) is 3.00. The molecule has 0 aromatic heterocycles. The van der Waals surface area contributed by atoms with E-state index in [9.17, 15) is 24.0 Å². The first-order valence-corrected chi connectivity index (χ1v) is 10.1. The number of hydrogen-bond donors (Lipinski definition) is 2. The predicted octanol–water partition coefficient (Wildman–Crippen LogP) is 1.19. The minimum Gasteiger partial charge on any atom is -0.352 e. The first-order valence-electron chi connectivity index (χ1n) is 10.1. The number of carbonyl (C=O) groups is 5. The summed E-state index contributed by atoms with van der Waals surface area (Å²) in [5.41, 5.74) is 1.93. The van der Waals surface area contributed by atoms with Crippen LogP contribution < -0.4 is 10.6 Å². The number of benzene rings is 2. The van der Waals surface area contributed by atoms with E-state index >= 15 is 0 Å². The average molecular weight is 419 g/mol. The number of amides is 5. The molecule has 5 amide bonds. The largest absolute Gasteiger partial charge is 0.352 e. The van der Waals surface area contributed by atoms with Gasteiger partial charge in [0.25, 0.3) is 11.8 Å². The molecule has 158 valence electrons. The summed E-state index contributed by atoms with van der Waals surface area (Å²) in [6.07, 6.45) is 0.684. The minimum absolute atomic E-state index is 0.0781. The second-order valence-electron chi connectivity index (χ2n) is 7.65. The molecular formula is C23H21N3O5. The van der Waals surface area contributed by atoms with Crippen molar-refractivity contribution in [1.82, 2.24) is 15.5 Å². The molecule has 2 aliphatic heterocycles. The third-order valence-corrected chi connectivity index (χ3v) is 5.53. The highest BCUT2D eigenvalue weighted by atomic mass is 16.2. The lowest BCUT2D eigenvalue weighted by atomic mass is 9.97. The quantitative estimate of drug-likeness (QED) is 0.683. The summed E-state index contributed by atoms with van der Waals surface area (Å²) in [5.74, 6) is -2.59. The van der Waals surface area contributed by atoms with Crippen LogP contribution in [0.15, 0.2) is 48.5 Å². The fraction of sp³-hybridized carbons (Fsp3) is 0.261. The molecule has 2 aliphatic rings. The van der Waals surface area contributed by atoms with Gasteiger partial charge in [-0.25, -0.2) is 0 Å². The Bertz CT molecular complexity index is 1080. The summed E-state index contributed by atoms with van der Waals surface area (Å²) in [4.78, 5) is 62.5. The van der Waals surface area contributed by atoms with Gasteiger partial charge in [0.2, 0.25) is 17.7 Å². The molecule has 2 aromatic rings. The highest BCUT2D eigenvalue weighted by Crippen LogP contribution is 2.28. The topological polar surface area (TPSA) is 113 Å². The normalized spacial score (nSPS) is 18.1. The van der Waals surface area contributed by atoms with Crippen LogP contribution in [0.2, 0.25) is 0 Å². The Morgan fingerprint density at radius 2 is 1.77 bits per heavy atom. The van der Waals surface area contributed by atoms with Gasteiger partial charge in [0.15, 0.2) is 0 Å². The Kier molecular flexibility index (Phi) is 5.62. The number of imide groups is 2. The zero-order valence-corrected chi connectivity index (χ0v) is 16.7. The van der Waals surface area contributed by atoms with Gasteiger partial charge in [0.05, 0.1) is 23.5 Å². The number of piperidine rings is 1. The first kappa shape index (κ1) is 20.5. The maximum absolute atomic E-state index is 13.0. The second-order valence-corrected chi connectivity index (χ2v) is 7.65. The van der Waals surface area contributed by atoms with Crippen LogP contribution in [0, 0.1) is 5.92 Å². The van der Waals surface area contributed by atoms with Crippen molar-refractivity contribution >= 4 is 29.5 Å². The summed E-state index contributed by atoms with van der Waals surface area (Å²) in [7, 11) is 0. The third-order valence-electron chi connectivity index (χ3n) is 5.53. The molecule has 1 unspecified atom stereocenters. The smallest absolute Gasteiger partial charge is 0.261 e. The van der Waals surface area contributed by atoms with Gasteiger partial charge < -0.3 is 5.32 Å². The molecule has 0 saturated carbocycles. The molecule has 2 heterocycles. The molecule has 0 bridgehead atoms. The summed E-state index contributed by atoms with van der Waals surface area (Å²) < 4.78 is 0. The van der Waals surface area contributed by atoms with E-state index in [1.807, 2.05) is 30.3 Å². The monoisotopic (exact) mass is 419 g/mol. The lowest BCUT2D eigenvalue weighted by molar-refractivity contribution is -0.136. The van der Waals surface area contributed by atoms with Crippen molar-refractivity contribution in [1.29, 1.82) is 0 Å². The number of hydrogen-bond acceptors (Lipinski definition) is 5. The van der Waals surface area contributed by atoms with Gasteiger partial charge in [-0.05, 0) is 23.6 Å². The molecule has 4 rings (SSSR count). The molecule has 2 N–H and O–H groups in total. The van der Waals surface area contributed by atoms with Crippen LogP contribution in [0.3, 0.4) is 0 Å². The molecule has 1 saturated heterocycles. The maximum atomic E-state index is 13.0. The van der Waals surface area contributed by atoms with Gasteiger partial charge in [-0.2, -0.15) is 0 Å². The van der Waals surface area contributed by atoms with E-state index in [2.05, 4.69) is 10.6 Å². The molecule has 1 atom stereocenters. The fourth-order valence-corrected chi connectivity index (χ4v) is 3.89. The number of fused-ring (bicyclic) bond motifs is 1. The van der Waals surface area contributed by atoms with E-state index < -0.39 is 23.6 Å².